The molecule has 1 N–H and O–H groups in total. The number of para-hydroxylation sites is 1. The van der Waals surface area contributed by atoms with Crippen molar-refractivity contribution < 1.29 is 17.9 Å². The van der Waals surface area contributed by atoms with Gasteiger partial charge in [0.15, 0.2) is 0 Å². The first-order valence-corrected chi connectivity index (χ1v) is 12.7. The molecule has 0 spiro atoms. The zero-order valence-corrected chi connectivity index (χ0v) is 21.1. The molecule has 0 aliphatic carbocycles. The van der Waals surface area contributed by atoms with Gasteiger partial charge in [0, 0.05) is 0 Å². The minimum Gasteiger partial charge on any atom is -0.496 e. The summed E-state index contributed by atoms with van der Waals surface area (Å²) in [6, 6.07) is 20.5. The second-order valence-electron chi connectivity index (χ2n) is 8.55. The van der Waals surface area contributed by atoms with Gasteiger partial charge in [-0.15, -0.1) is 0 Å². The number of amides is 1. The number of carbonyl (C=O) groups excluding carboxylic acids is 1. The van der Waals surface area contributed by atoms with E-state index in [-0.39, 0.29) is 23.4 Å². The Balaban J connectivity index is 1.88. The number of nitrogens with zero attached hydrogens (tertiary/aromatic N) is 1. The number of hydrogen-bond acceptors (Lipinski definition) is 4. The maximum atomic E-state index is 13.4. The number of ether oxygens (including phenoxy) is 1. The van der Waals surface area contributed by atoms with Gasteiger partial charge in [-0.3, -0.25) is 9.10 Å². The number of rotatable bonds is 9. The van der Waals surface area contributed by atoms with Crippen LogP contribution in [0.4, 0.5) is 5.69 Å². The number of aryl methyl sites for hydroxylation is 1. The van der Waals surface area contributed by atoms with Crippen LogP contribution in [0.5, 0.6) is 5.75 Å². The number of hydrogen-bond donors (Lipinski definition) is 1. The molecule has 0 unspecified atom stereocenters. The summed E-state index contributed by atoms with van der Waals surface area (Å²) in [5.41, 5.74) is 3.44. The second kappa shape index (κ2) is 10.7. The van der Waals surface area contributed by atoms with Crippen LogP contribution in [-0.2, 0) is 14.8 Å². The van der Waals surface area contributed by atoms with Crippen molar-refractivity contribution in [2.45, 2.75) is 44.6 Å². The van der Waals surface area contributed by atoms with Gasteiger partial charge >= 0.3 is 0 Å². The number of nitrogens with one attached hydrogen (secondary N) is 1. The first kappa shape index (κ1) is 25.3. The largest absolute Gasteiger partial charge is 0.496 e. The lowest BCUT2D eigenvalue weighted by molar-refractivity contribution is -0.120. The molecular weight excluding hydrogens is 448 g/mol. The molecule has 0 aromatic heterocycles. The minimum absolute atomic E-state index is 0.132. The quantitative estimate of drug-likeness (QED) is 0.457. The summed E-state index contributed by atoms with van der Waals surface area (Å²) >= 11 is 0. The van der Waals surface area contributed by atoms with Crippen molar-refractivity contribution in [1.29, 1.82) is 0 Å². The fraction of sp³-hybridized carbons (Fsp3) is 0.296. The van der Waals surface area contributed by atoms with Crippen LogP contribution in [0.2, 0.25) is 0 Å². The van der Waals surface area contributed by atoms with E-state index in [2.05, 4.69) is 25.2 Å². The van der Waals surface area contributed by atoms with E-state index in [1.807, 2.05) is 19.9 Å². The average Bonchev–Trinajstić information content (AvgIpc) is 2.83. The lowest BCUT2D eigenvalue weighted by Gasteiger charge is -2.26. The Labute approximate surface area is 202 Å². The summed E-state index contributed by atoms with van der Waals surface area (Å²) in [6.07, 6.45) is 0. The highest BCUT2D eigenvalue weighted by atomic mass is 32.2. The molecule has 3 rings (SSSR count). The number of sulfonamides is 1. The molecule has 7 heteroatoms. The van der Waals surface area contributed by atoms with Crippen LogP contribution in [0.1, 0.15) is 49.4 Å². The van der Waals surface area contributed by atoms with Crippen LogP contribution in [0, 0.1) is 6.92 Å². The first-order chi connectivity index (χ1) is 16.1. The highest BCUT2D eigenvalue weighted by molar-refractivity contribution is 7.92. The van der Waals surface area contributed by atoms with Crippen molar-refractivity contribution in [2.24, 2.45) is 0 Å². The molecule has 0 saturated heterocycles. The van der Waals surface area contributed by atoms with Crippen LogP contribution in [0.15, 0.2) is 77.7 Å². The van der Waals surface area contributed by atoms with E-state index in [0.717, 1.165) is 26.7 Å². The zero-order valence-electron chi connectivity index (χ0n) is 20.3. The molecule has 0 heterocycles. The van der Waals surface area contributed by atoms with Crippen LogP contribution in [-0.4, -0.2) is 28.0 Å². The molecule has 1 atom stereocenters. The Kier molecular flexibility index (Phi) is 7.99. The predicted molar refractivity (Wildman–Crippen MR) is 136 cm³/mol. The lowest BCUT2D eigenvalue weighted by atomic mass is 9.93. The van der Waals surface area contributed by atoms with Gasteiger partial charge in [-0.2, -0.15) is 0 Å². The Bertz CT molecular complexity index is 1230. The maximum absolute atomic E-state index is 13.4. The van der Waals surface area contributed by atoms with Crippen LogP contribution in [0.25, 0.3) is 0 Å². The summed E-state index contributed by atoms with van der Waals surface area (Å²) in [5, 5.41) is 2.98. The van der Waals surface area contributed by atoms with Crippen LogP contribution < -0.4 is 14.4 Å². The highest BCUT2D eigenvalue weighted by Crippen LogP contribution is 2.32. The molecule has 180 valence electrons. The summed E-state index contributed by atoms with van der Waals surface area (Å²) < 4.78 is 33.5. The third-order valence-electron chi connectivity index (χ3n) is 5.75. The first-order valence-electron chi connectivity index (χ1n) is 11.3. The van der Waals surface area contributed by atoms with Gasteiger partial charge in [-0.1, -0.05) is 50.2 Å². The monoisotopic (exact) mass is 480 g/mol. The molecule has 3 aromatic carbocycles. The van der Waals surface area contributed by atoms with Crippen LogP contribution >= 0.6 is 0 Å². The molecule has 0 aliphatic heterocycles. The highest BCUT2D eigenvalue weighted by Gasteiger charge is 2.27. The van der Waals surface area contributed by atoms with Crippen molar-refractivity contribution in [2.75, 3.05) is 18.0 Å². The van der Waals surface area contributed by atoms with Gasteiger partial charge in [-0.25, -0.2) is 8.42 Å². The molecule has 34 heavy (non-hydrogen) atoms. The van der Waals surface area contributed by atoms with Crippen molar-refractivity contribution >= 4 is 21.6 Å². The van der Waals surface area contributed by atoms with Crippen molar-refractivity contribution in [3.63, 3.8) is 0 Å². The smallest absolute Gasteiger partial charge is 0.264 e. The normalized spacial score (nSPS) is 12.3. The zero-order chi connectivity index (χ0) is 24.9. The Morgan fingerprint density at radius 1 is 0.941 bits per heavy atom. The maximum Gasteiger partial charge on any atom is 0.264 e. The molecule has 0 aliphatic rings. The SMILES string of the molecule is COc1cc(C)c([C@H](C)NC(=O)CN(c2ccccc2)S(=O)(=O)c2ccccc2)cc1C(C)C. The van der Waals surface area contributed by atoms with Gasteiger partial charge in [0.05, 0.1) is 23.7 Å². The molecular formula is C27H32N2O4S. The fourth-order valence-corrected chi connectivity index (χ4v) is 5.38. The van der Waals surface area contributed by atoms with Gasteiger partial charge in [0.25, 0.3) is 10.0 Å². The summed E-state index contributed by atoms with van der Waals surface area (Å²) in [7, 11) is -2.28. The topological polar surface area (TPSA) is 75.7 Å². The number of benzene rings is 3. The molecule has 0 bridgehead atoms. The van der Waals surface area contributed by atoms with Gasteiger partial charge in [0.2, 0.25) is 5.91 Å². The van der Waals surface area contributed by atoms with Crippen molar-refractivity contribution in [3.05, 3.63) is 89.5 Å². The number of methoxy groups -OCH3 is 1. The standard InChI is InChI=1S/C27H32N2O4S/c1-19(2)24-17-25(20(3)16-26(24)33-5)21(4)28-27(30)18-29(22-12-8-6-9-13-22)34(31,32)23-14-10-7-11-15-23/h6-17,19,21H,18H2,1-5H3,(H,28,30)/t21-/m0/s1. The molecule has 0 fully saturated rings. The third-order valence-corrected chi connectivity index (χ3v) is 7.54. The fourth-order valence-electron chi connectivity index (χ4n) is 3.93. The third kappa shape index (κ3) is 5.59. The molecule has 1 amide bonds. The van der Waals surface area contributed by atoms with Crippen molar-refractivity contribution in [1.82, 2.24) is 5.32 Å². The molecule has 0 radical (unpaired) electrons. The average molecular weight is 481 g/mol. The van der Waals surface area contributed by atoms with Gasteiger partial charge in [0.1, 0.15) is 12.3 Å². The van der Waals surface area contributed by atoms with E-state index in [0.29, 0.717) is 5.69 Å². The van der Waals surface area contributed by atoms with Crippen LogP contribution in [0.3, 0.4) is 0 Å². The molecule has 3 aromatic rings. The summed E-state index contributed by atoms with van der Waals surface area (Å²) in [6.45, 7) is 7.72. The van der Waals surface area contributed by atoms with E-state index in [9.17, 15) is 13.2 Å². The minimum atomic E-state index is -3.93. The molecule has 0 saturated carbocycles. The van der Waals surface area contributed by atoms with E-state index in [1.54, 1.807) is 55.6 Å². The van der Waals surface area contributed by atoms with Gasteiger partial charge < -0.3 is 10.1 Å². The van der Waals surface area contributed by atoms with E-state index in [4.69, 9.17) is 4.74 Å². The Morgan fingerprint density at radius 2 is 1.53 bits per heavy atom. The van der Waals surface area contributed by atoms with E-state index < -0.39 is 15.9 Å². The number of carbonyl (C=O) groups is 1. The lowest BCUT2D eigenvalue weighted by Crippen LogP contribution is -2.41. The van der Waals surface area contributed by atoms with Gasteiger partial charge in [-0.05, 0) is 72.9 Å². The summed E-state index contributed by atoms with van der Waals surface area (Å²) in [4.78, 5) is 13.2. The van der Waals surface area contributed by atoms with Crippen molar-refractivity contribution in [3.8, 4) is 5.75 Å². The second-order valence-corrected chi connectivity index (χ2v) is 10.4. The van der Waals surface area contributed by atoms with E-state index >= 15 is 0 Å². The van der Waals surface area contributed by atoms with E-state index in [1.165, 1.54) is 12.1 Å². The Hall–Kier alpha value is -3.32. The Morgan fingerprint density at radius 3 is 2.09 bits per heavy atom. The predicted octanol–water partition coefficient (Wildman–Crippen LogP) is 5.20. The summed E-state index contributed by atoms with van der Waals surface area (Å²) in [5.74, 6) is 0.679. The number of anilines is 1. The molecule has 6 nitrogen and oxygen atoms in total.